The molecule has 0 fully saturated rings. The van der Waals surface area contributed by atoms with Crippen molar-refractivity contribution in [2.75, 3.05) is 11.9 Å². The van der Waals surface area contributed by atoms with Crippen LogP contribution in [0, 0.1) is 11.3 Å². The quantitative estimate of drug-likeness (QED) is 0.565. The van der Waals surface area contributed by atoms with E-state index in [1.807, 2.05) is 42.5 Å². The van der Waals surface area contributed by atoms with Crippen molar-refractivity contribution in [3.05, 3.63) is 90.0 Å². The molecule has 0 saturated carbocycles. The summed E-state index contributed by atoms with van der Waals surface area (Å²) in [5, 5.41) is 11.9. The van der Waals surface area contributed by atoms with E-state index in [0.717, 1.165) is 5.69 Å². The van der Waals surface area contributed by atoms with Crippen LogP contribution in [-0.4, -0.2) is 18.4 Å². The third-order valence-corrected chi connectivity index (χ3v) is 3.89. The van der Waals surface area contributed by atoms with Gasteiger partial charge in [-0.25, -0.2) is 0 Å². The molecule has 0 atom stereocenters. The van der Waals surface area contributed by atoms with Gasteiger partial charge in [-0.15, -0.1) is 0 Å². The van der Waals surface area contributed by atoms with Gasteiger partial charge in [0.1, 0.15) is 5.75 Å². The van der Waals surface area contributed by atoms with Crippen LogP contribution in [-0.2, 0) is 4.79 Å². The Labute approximate surface area is 167 Å². The van der Waals surface area contributed by atoms with Crippen molar-refractivity contribution in [3.8, 4) is 11.8 Å². The molecule has 0 aliphatic heterocycles. The van der Waals surface area contributed by atoms with Gasteiger partial charge in [0.05, 0.1) is 22.9 Å². The lowest BCUT2D eigenvalue weighted by atomic mass is 10.1. The lowest BCUT2D eigenvalue weighted by molar-refractivity contribution is -0.123. The van der Waals surface area contributed by atoms with E-state index in [1.165, 1.54) is 0 Å². The van der Waals surface area contributed by atoms with Gasteiger partial charge in [-0.05, 0) is 48.5 Å². The molecule has 0 bridgehead atoms. The summed E-state index contributed by atoms with van der Waals surface area (Å²) in [6, 6.07) is 24.8. The molecule has 0 aliphatic rings. The topological polar surface area (TPSA) is 103 Å². The number of nitrogens with one attached hydrogen (secondary N) is 3. The van der Waals surface area contributed by atoms with Gasteiger partial charge in [0.2, 0.25) is 0 Å². The first kappa shape index (κ1) is 19.5. The number of benzene rings is 3. The Morgan fingerprint density at radius 1 is 0.862 bits per heavy atom. The van der Waals surface area contributed by atoms with Crippen LogP contribution in [0.3, 0.4) is 0 Å². The van der Waals surface area contributed by atoms with Crippen molar-refractivity contribution in [3.63, 3.8) is 0 Å². The molecule has 2 amide bonds. The minimum absolute atomic E-state index is 0.282. The van der Waals surface area contributed by atoms with E-state index in [9.17, 15) is 9.59 Å². The SMILES string of the molecule is N#Cc1ccc(OCC(=O)NNC(=O)c2ccccc2Nc2ccccc2)cc1. The fourth-order valence-electron chi connectivity index (χ4n) is 2.47. The number of anilines is 2. The number of rotatable bonds is 6. The van der Waals surface area contributed by atoms with E-state index in [1.54, 1.807) is 42.5 Å². The minimum Gasteiger partial charge on any atom is -0.484 e. The first-order valence-electron chi connectivity index (χ1n) is 8.79. The fraction of sp³-hybridized carbons (Fsp3) is 0.0455. The lowest BCUT2D eigenvalue weighted by Crippen LogP contribution is -2.44. The maximum atomic E-state index is 12.5. The standard InChI is InChI=1S/C22H18N4O3/c23-14-16-10-12-18(13-11-16)29-15-21(27)25-26-22(28)19-8-4-5-9-20(19)24-17-6-2-1-3-7-17/h1-13,24H,15H2,(H,25,27)(H,26,28). The van der Waals surface area contributed by atoms with Crippen LogP contribution >= 0.6 is 0 Å². The number of amides is 2. The highest BCUT2D eigenvalue weighted by Crippen LogP contribution is 2.20. The summed E-state index contributed by atoms with van der Waals surface area (Å²) in [6.07, 6.45) is 0. The number of hydrogen-bond donors (Lipinski definition) is 3. The smallest absolute Gasteiger partial charge is 0.276 e. The van der Waals surface area contributed by atoms with Crippen LogP contribution in [0.25, 0.3) is 0 Å². The zero-order valence-corrected chi connectivity index (χ0v) is 15.4. The van der Waals surface area contributed by atoms with E-state index in [4.69, 9.17) is 10.00 Å². The highest BCUT2D eigenvalue weighted by Gasteiger charge is 2.12. The van der Waals surface area contributed by atoms with Crippen LogP contribution in [0.5, 0.6) is 5.75 Å². The maximum Gasteiger partial charge on any atom is 0.276 e. The van der Waals surface area contributed by atoms with Crippen molar-refractivity contribution in [2.45, 2.75) is 0 Å². The molecule has 0 unspecified atom stereocenters. The third kappa shape index (κ3) is 5.58. The summed E-state index contributed by atoms with van der Waals surface area (Å²) in [7, 11) is 0. The molecular weight excluding hydrogens is 368 g/mol. The van der Waals surface area contributed by atoms with Gasteiger partial charge in [-0.2, -0.15) is 5.26 Å². The minimum atomic E-state index is -0.517. The Bertz CT molecular complexity index is 1030. The van der Waals surface area contributed by atoms with Crippen LogP contribution in [0.1, 0.15) is 15.9 Å². The molecule has 0 aliphatic carbocycles. The van der Waals surface area contributed by atoms with E-state index < -0.39 is 11.8 Å². The third-order valence-electron chi connectivity index (χ3n) is 3.89. The van der Waals surface area contributed by atoms with Gasteiger partial charge in [0.15, 0.2) is 6.61 Å². The summed E-state index contributed by atoms with van der Waals surface area (Å²) >= 11 is 0. The fourth-order valence-corrected chi connectivity index (χ4v) is 2.47. The molecule has 29 heavy (non-hydrogen) atoms. The number of para-hydroxylation sites is 2. The van der Waals surface area contributed by atoms with Crippen molar-refractivity contribution in [2.24, 2.45) is 0 Å². The number of carbonyl (C=O) groups excluding carboxylic acids is 2. The molecule has 3 aromatic rings. The van der Waals surface area contributed by atoms with Gasteiger partial charge >= 0.3 is 0 Å². The first-order chi connectivity index (χ1) is 14.2. The summed E-state index contributed by atoms with van der Waals surface area (Å²) in [6.45, 7) is -0.282. The van der Waals surface area contributed by atoms with Crippen LogP contribution < -0.4 is 20.9 Å². The number of nitrogens with zero attached hydrogens (tertiary/aromatic N) is 1. The Morgan fingerprint density at radius 3 is 2.28 bits per heavy atom. The molecule has 3 aromatic carbocycles. The molecule has 0 heterocycles. The highest BCUT2D eigenvalue weighted by atomic mass is 16.5. The average molecular weight is 386 g/mol. The Balaban J connectivity index is 1.53. The number of carbonyl (C=O) groups is 2. The average Bonchev–Trinajstić information content (AvgIpc) is 2.77. The van der Waals surface area contributed by atoms with Crippen LogP contribution in [0.2, 0.25) is 0 Å². The zero-order chi connectivity index (χ0) is 20.5. The first-order valence-corrected chi connectivity index (χ1v) is 8.79. The summed E-state index contributed by atoms with van der Waals surface area (Å²) in [4.78, 5) is 24.4. The second-order valence-electron chi connectivity index (χ2n) is 5.96. The lowest BCUT2D eigenvalue weighted by Gasteiger charge is -2.13. The maximum absolute atomic E-state index is 12.5. The van der Waals surface area contributed by atoms with E-state index >= 15 is 0 Å². The number of hydrogen-bond acceptors (Lipinski definition) is 5. The predicted octanol–water partition coefficient (Wildman–Crippen LogP) is 3.14. The zero-order valence-electron chi connectivity index (χ0n) is 15.4. The summed E-state index contributed by atoms with van der Waals surface area (Å²) in [5.41, 5.74) is 7.03. The molecule has 3 N–H and O–H groups in total. The molecule has 3 rings (SSSR count). The molecule has 7 heteroatoms. The normalized spacial score (nSPS) is 9.76. The molecule has 0 radical (unpaired) electrons. The van der Waals surface area contributed by atoms with Crippen molar-refractivity contribution < 1.29 is 14.3 Å². The number of hydrazine groups is 1. The van der Waals surface area contributed by atoms with Crippen molar-refractivity contribution in [1.29, 1.82) is 5.26 Å². The van der Waals surface area contributed by atoms with Crippen molar-refractivity contribution in [1.82, 2.24) is 10.9 Å². The van der Waals surface area contributed by atoms with Crippen LogP contribution in [0.4, 0.5) is 11.4 Å². The Morgan fingerprint density at radius 2 is 1.55 bits per heavy atom. The Hall–Kier alpha value is -4.31. The summed E-state index contributed by atoms with van der Waals surface area (Å²) < 4.78 is 5.32. The number of ether oxygens (including phenoxy) is 1. The van der Waals surface area contributed by atoms with Crippen molar-refractivity contribution >= 4 is 23.2 Å². The highest BCUT2D eigenvalue weighted by molar-refractivity contribution is 6.01. The molecule has 0 saturated heterocycles. The largest absolute Gasteiger partial charge is 0.484 e. The van der Waals surface area contributed by atoms with Gasteiger partial charge in [0, 0.05) is 5.69 Å². The second-order valence-corrected chi connectivity index (χ2v) is 5.96. The molecule has 7 nitrogen and oxygen atoms in total. The van der Waals surface area contributed by atoms with E-state index in [-0.39, 0.29) is 6.61 Å². The van der Waals surface area contributed by atoms with Crippen LogP contribution in [0.15, 0.2) is 78.9 Å². The van der Waals surface area contributed by atoms with E-state index in [0.29, 0.717) is 22.6 Å². The van der Waals surface area contributed by atoms with Gasteiger partial charge < -0.3 is 10.1 Å². The summed E-state index contributed by atoms with van der Waals surface area (Å²) in [5.74, 6) is -0.533. The molecule has 144 valence electrons. The molecule has 0 spiro atoms. The van der Waals surface area contributed by atoms with Gasteiger partial charge in [-0.1, -0.05) is 30.3 Å². The Kier molecular flexibility index (Phi) is 6.42. The predicted molar refractivity (Wildman–Crippen MR) is 108 cm³/mol. The molecular formula is C22H18N4O3. The molecule has 0 aromatic heterocycles. The van der Waals surface area contributed by atoms with Gasteiger partial charge in [-0.3, -0.25) is 20.4 Å². The van der Waals surface area contributed by atoms with Gasteiger partial charge in [0.25, 0.3) is 11.8 Å². The monoisotopic (exact) mass is 386 g/mol. The second kappa shape index (κ2) is 9.58. The number of nitriles is 1. The van der Waals surface area contributed by atoms with E-state index in [2.05, 4.69) is 16.2 Å².